The van der Waals surface area contributed by atoms with Gasteiger partial charge in [-0.2, -0.15) is 0 Å². The van der Waals surface area contributed by atoms with Gasteiger partial charge in [0.2, 0.25) is 0 Å². The summed E-state index contributed by atoms with van der Waals surface area (Å²) in [6.07, 6.45) is 69.3. The van der Waals surface area contributed by atoms with Crippen molar-refractivity contribution in [3.05, 3.63) is 0 Å². The number of carbonyl (C=O) groups is 3. The maximum Gasteiger partial charge on any atom is 0.305 e. The lowest BCUT2D eigenvalue weighted by Crippen LogP contribution is -2.39. The molecule has 74 heavy (non-hydrogen) atoms. The molecule has 0 heterocycles. The van der Waals surface area contributed by atoms with E-state index >= 15 is 0 Å². The Balaban J connectivity index is 5.30. The van der Waals surface area contributed by atoms with Crippen LogP contribution in [0.3, 0.4) is 0 Å². The summed E-state index contributed by atoms with van der Waals surface area (Å²) >= 11 is 0. The predicted molar refractivity (Wildman–Crippen MR) is 321 cm³/mol. The Labute approximate surface area is 463 Å². The molecule has 0 bridgehead atoms. The molecule has 0 radical (unpaired) electrons. The first-order valence-corrected chi connectivity index (χ1v) is 33.9. The van der Waals surface area contributed by atoms with Crippen molar-refractivity contribution in [1.82, 2.24) is 0 Å². The number of hydrogen-bond acceptors (Lipinski definition) is 6. The van der Waals surface area contributed by atoms with E-state index in [0.717, 1.165) is 70.6 Å². The summed E-state index contributed by atoms with van der Waals surface area (Å²) in [5.74, 6) is -0.556. The first-order chi connectivity index (χ1) is 36.4. The fourth-order valence-electron chi connectivity index (χ4n) is 10.8. The standard InChI is InChI=1S/C68H132O6/c1-5-9-13-17-21-25-29-33-37-41-45-49-53-57-61-68(62-72-65(69)58-54-50-46-42-38-34-30-26-22-18-14-10-6-2,63-73-66(70)59-55-51-47-43-39-35-31-27-23-19-15-11-7-3)64-74-67(71)60-56-52-48-44-40-36-32-28-24-20-16-12-8-4/h5-64H2,1-4H3. The lowest BCUT2D eigenvalue weighted by molar-refractivity contribution is -0.163. The average molecular weight is 1050 g/mol. The molecule has 0 N–H and O–H groups in total. The molecule has 0 aromatic carbocycles. The van der Waals surface area contributed by atoms with Crippen LogP contribution in [0.25, 0.3) is 0 Å². The number of unbranched alkanes of at least 4 members (excludes halogenated alkanes) is 49. The van der Waals surface area contributed by atoms with E-state index in [-0.39, 0.29) is 37.7 Å². The highest BCUT2D eigenvalue weighted by atomic mass is 16.6. The molecule has 0 aliphatic carbocycles. The minimum Gasteiger partial charge on any atom is -0.465 e. The zero-order chi connectivity index (χ0) is 53.8. The maximum atomic E-state index is 13.3. The number of hydrogen-bond donors (Lipinski definition) is 0. The fourth-order valence-corrected chi connectivity index (χ4v) is 10.8. The molecule has 0 rings (SSSR count). The van der Waals surface area contributed by atoms with E-state index in [1.165, 1.54) is 270 Å². The summed E-state index contributed by atoms with van der Waals surface area (Å²) in [6, 6.07) is 0. The molecular formula is C68H132O6. The van der Waals surface area contributed by atoms with E-state index in [0.29, 0.717) is 25.7 Å². The van der Waals surface area contributed by atoms with Crippen LogP contribution in [0.2, 0.25) is 0 Å². The second-order valence-electron chi connectivity index (χ2n) is 23.8. The van der Waals surface area contributed by atoms with Crippen LogP contribution in [-0.2, 0) is 28.6 Å². The van der Waals surface area contributed by atoms with Crippen molar-refractivity contribution in [3.63, 3.8) is 0 Å². The van der Waals surface area contributed by atoms with Crippen LogP contribution in [0.15, 0.2) is 0 Å². The first kappa shape index (κ1) is 72.4. The number of carbonyl (C=O) groups excluding carboxylic acids is 3. The van der Waals surface area contributed by atoms with Gasteiger partial charge >= 0.3 is 17.9 Å². The molecule has 0 atom stereocenters. The van der Waals surface area contributed by atoms with Gasteiger partial charge in [-0.05, 0) is 25.7 Å². The summed E-state index contributed by atoms with van der Waals surface area (Å²) in [7, 11) is 0. The van der Waals surface area contributed by atoms with Crippen molar-refractivity contribution < 1.29 is 28.6 Å². The number of esters is 3. The highest BCUT2D eigenvalue weighted by Crippen LogP contribution is 2.30. The SMILES string of the molecule is CCCCCCCCCCCCCCCCC(COC(=O)CCCCCCCCCCCCCCC)(COC(=O)CCCCCCCCCCCCCCC)COC(=O)CCCCCCCCCCCCCCC. The second-order valence-corrected chi connectivity index (χ2v) is 23.8. The van der Waals surface area contributed by atoms with Gasteiger partial charge in [-0.3, -0.25) is 14.4 Å². The first-order valence-electron chi connectivity index (χ1n) is 33.9. The number of ether oxygens (including phenoxy) is 3. The summed E-state index contributed by atoms with van der Waals surface area (Å²) in [6.45, 7) is 9.50. The molecule has 0 amide bonds. The van der Waals surface area contributed by atoms with E-state index in [1.54, 1.807) is 0 Å². The monoisotopic (exact) mass is 1050 g/mol. The lowest BCUT2D eigenvalue weighted by atomic mass is 9.84. The van der Waals surface area contributed by atoms with E-state index in [4.69, 9.17) is 14.2 Å². The Bertz CT molecular complexity index is 1020. The van der Waals surface area contributed by atoms with Gasteiger partial charge in [0.05, 0.1) is 5.41 Å². The second kappa shape index (κ2) is 60.6. The van der Waals surface area contributed by atoms with Gasteiger partial charge in [0.15, 0.2) is 0 Å². The number of rotatable bonds is 63. The Morgan fingerprint density at radius 2 is 0.365 bits per heavy atom. The van der Waals surface area contributed by atoms with Crippen LogP contribution >= 0.6 is 0 Å². The van der Waals surface area contributed by atoms with E-state index in [2.05, 4.69) is 27.7 Å². The van der Waals surface area contributed by atoms with Crippen LogP contribution in [0.4, 0.5) is 0 Å². The molecule has 6 heteroatoms. The normalized spacial score (nSPS) is 11.7. The smallest absolute Gasteiger partial charge is 0.305 e. The molecular weight excluding hydrogens is 913 g/mol. The molecule has 440 valence electrons. The third kappa shape index (κ3) is 55.2. The molecule has 0 aliphatic rings. The zero-order valence-electron chi connectivity index (χ0n) is 50.9. The van der Waals surface area contributed by atoms with Gasteiger partial charge in [-0.1, -0.05) is 349 Å². The van der Waals surface area contributed by atoms with Crippen molar-refractivity contribution in [1.29, 1.82) is 0 Å². The summed E-state index contributed by atoms with van der Waals surface area (Å²) < 4.78 is 18.3. The molecule has 0 aromatic rings. The summed E-state index contributed by atoms with van der Waals surface area (Å²) in [4.78, 5) is 40.0. The maximum absolute atomic E-state index is 13.3. The molecule has 0 saturated carbocycles. The van der Waals surface area contributed by atoms with Crippen LogP contribution in [0.5, 0.6) is 0 Å². The van der Waals surface area contributed by atoms with Crippen LogP contribution in [0.1, 0.15) is 394 Å². The predicted octanol–water partition coefficient (Wildman–Crippen LogP) is 22.9. The molecule has 0 aliphatic heterocycles. The van der Waals surface area contributed by atoms with Crippen molar-refractivity contribution in [2.45, 2.75) is 394 Å². The lowest BCUT2D eigenvalue weighted by Gasteiger charge is -2.32. The summed E-state index contributed by atoms with van der Waals surface area (Å²) in [5, 5.41) is 0. The Morgan fingerprint density at radius 3 is 0.541 bits per heavy atom. The van der Waals surface area contributed by atoms with Crippen molar-refractivity contribution in [2.75, 3.05) is 19.8 Å². The van der Waals surface area contributed by atoms with Gasteiger partial charge in [-0.25, -0.2) is 0 Å². The highest BCUT2D eigenvalue weighted by Gasteiger charge is 2.35. The Hall–Kier alpha value is -1.59. The zero-order valence-corrected chi connectivity index (χ0v) is 50.9. The van der Waals surface area contributed by atoms with Crippen molar-refractivity contribution in [3.8, 4) is 0 Å². The van der Waals surface area contributed by atoms with Crippen LogP contribution in [0, 0.1) is 5.41 Å². The average Bonchev–Trinajstić information content (AvgIpc) is 3.40. The molecule has 0 fully saturated rings. The molecule has 0 aromatic heterocycles. The van der Waals surface area contributed by atoms with E-state index in [1.807, 2.05) is 0 Å². The fraction of sp³-hybridized carbons (Fsp3) is 0.956. The van der Waals surface area contributed by atoms with Gasteiger partial charge < -0.3 is 14.2 Å². The van der Waals surface area contributed by atoms with E-state index < -0.39 is 5.41 Å². The molecule has 0 unspecified atom stereocenters. The van der Waals surface area contributed by atoms with Gasteiger partial charge in [0.25, 0.3) is 0 Å². The van der Waals surface area contributed by atoms with Crippen LogP contribution < -0.4 is 0 Å². The Kier molecular flexibility index (Phi) is 59.3. The molecule has 0 spiro atoms. The molecule has 0 saturated heterocycles. The van der Waals surface area contributed by atoms with Gasteiger partial charge in [0.1, 0.15) is 19.8 Å². The quantitative estimate of drug-likeness (QED) is 0.0343. The highest BCUT2D eigenvalue weighted by molar-refractivity contribution is 5.70. The minimum absolute atomic E-state index is 0.126. The minimum atomic E-state index is -0.736. The van der Waals surface area contributed by atoms with Gasteiger partial charge in [-0.15, -0.1) is 0 Å². The van der Waals surface area contributed by atoms with Crippen molar-refractivity contribution >= 4 is 17.9 Å². The van der Waals surface area contributed by atoms with Crippen LogP contribution in [-0.4, -0.2) is 37.7 Å². The third-order valence-electron chi connectivity index (χ3n) is 16.1. The topological polar surface area (TPSA) is 78.9 Å². The van der Waals surface area contributed by atoms with Crippen molar-refractivity contribution in [2.24, 2.45) is 5.41 Å². The van der Waals surface area contributed by atoms with E-state index in [9.17, 15) is 14.4 Å². The third-order valence-corrected chi connectivity index (χ3v) is 16.1. The Morgan fingerprint density at radius 1 is 0.216 bits per heavy atom. The molecule has 6 nitrogen and oxygen atoms in total. The largest absolute Gasteiger partial charge is 0.465 e. The summed E-state index contributed by atoms with van der Waals surface area (Å²) in [5.41, 5.74) is -0.736. The van der Waals surface area contributed by atoms with Gasteiger partial charge in [0, 0.05) is 19.3 Å².